The Labute approximate surface area is 101 Å². The number of nitrogens with zero attached hydrogens (tertiary/aromatic N) is 1. The van der Waals surface area contributed by atoms with Gasteiger partial charge in [-0.2, -0.15) is 0 Å². The quantitative estimate of drug-likeness (QED) is 0.771. The zero-order valence-corrected chi connectivity index (χ0v) is 10.0. The van der Waals surface area contributed by atoms with Crippen molar-refractivity contribution >= 4 is 17.3 Å². The maximum absolute atomic E-state index is 11.2. The molecule has 0 amide bonds. The summed E-state index contributed by atoms with van der Waals surface area (Å²) in [5.41, 5.74) is 7.24. The highest BCUT2D eigenvalue weighted by atomic mass is 16.4. The number of benzene rings is 1. The van der Waals surface area contributed by atoms with E-state index in [-0.39, 0.29) is 0 Å². The van der Waals surface area contributed by atoms with E-state index in [0.717, 1.165) is 25.1 Å². The fraction of sp³-hybridized carbons (Fsp3) is 0.462. The van der Waals surface area contributed by atoms with Crippen LogP contribution in [0.15, 0.2) is 18.2 Å². The van der Waals surface area contributed by atoms with Crippen molar-refractivity contribution in [3.63, 3.8) is 0 Å². The molecule has 92 valence electrons. The van der Waals surface area contributed by atoms with Crippen LogP contribution in [0.3, 0.4) is 0 Å². The minimum absolute atomic E-state index is 0.304. The minimum atomic E-state index is -0.912. The first-order valence-corrected chi connectivity index (χ1v) is 5.99. The van der Waals surface area contributed by atoms with Crippen molar-refractivity contribution in [1.29, 1.82) is 0 Å². The number of carboxylic acids is 1. The predicted octanol–water partition coefficient (Wildman–Crippen LogP) is 2.35. The molecule has 0 unspecified atom stereocenters. The van der Waals surface area contributed by atoms with E-state index in [9.17, 15) is 9.90 Å². The Morgan fingerprint density at radius 1 is 1.47 bits per heavy atom. The largest absolute Gasteiger partial charge is 0.478 e. The molecule has 1 aliphatic rings. The molecular weight excluding hydrogens is 216 g/mol. The van der Waals surface area contributed by atoms with Gasteiger partial charge >= 0.3 is 5.97 Å². The normalized spacial score (nSPS) is 20.3. The number of anilines is 2. The monoisotopic (exact) mass is 234 g/mol. The minimum Gasteiger partial charge on any atom is -0.478 e. The van der Waals surface area contributed by atoms with Gasteiger partial charge < -0.3 is 15.7 Å². The van der Waals surface area contributed by atoms with Crippen molar-refractivity contribution in [3.05, 3.63) is 23.8 Å². The van der Waals surface area contributed by atoms with E-state index in [1.807, 2.05) is 6.07 Å². The van der Waals surface area contributed by atoms with Crippen LogP contribution in [0.2, 0.25) is 0 Å². The molecule has 0 radical (unpaired) electrons. The molecule has 1 heterocycles. The summed E-state index contributed by atoms with van der Waals surface area (Å²) in [4.78, 5) is 13.4. The zero-order valence-electron chi connectivity index (χ0n) is 10.0. The van der Waals surface area contributed by atoms with E-state index < -0.39 is 5.97 Å². The average molecular weight is 234 g/mol. The lowest BCUT2D eigenvalue weighted by Crippen LogP contribution is -2.38. The summed E-state index contributed by atoms with van der Waals surface area (Å²) in [6.45, 7) is 3.06. The van der Waals surface area contributed by atoms with Gasteiger partial charge in [-0.05, 0) is 44.4 Å². The Bertz CT molecular complexity index is 431. The SMILES string of the molecule is C[C@@H]1CCCCN1c1ccc(N)cc1C(=O)O. The van der Waals surface area contributed by atoms with Gasteiger partial charge in [0, 0.05) is 18.3 Å². The Kier molecular flexibility index (Phi) is 3.22. The Hall–Kier alpha value is -1.71. The van der Waals surface area contributed by atoms with Crippen molar-refractivity contribution < 1.29 is 9.90 Å². The van der Waals surface area contributed by atoms with E-state index in [4.69, 9.17) is 5.73 Å². The Morgan fingerprint density at radius 3 is 2.88 bits per heavy atom. The molecule has 0 bridgehead atoms. The molecule has 1 saturated heterocycles. The third-order valence-electron chi connectivity index (χ3n) is 3.36. The molecule has 0 saturated carbocycles. The molecule has 0 spiro atoms. The average Bonchev–Trinajstić information content (AvgIpc) is 2.30. The lowest BCUT2D eigenvalue weighted by Gasteiger charge is -2.36. The third-order valence-corrected chi connectivity index (χ3v) is 3.36. The van der Waals surface area contributed by atoms with Crippen LogP contribution in [0.5, 0.6) is 0 Å². The first-order valence-electron chi connectivity index (χ1n) is 5.99. The molecule has 0 aliphatic carbocycles. The summed E-state index contributed by atoms with van der Waals surface area (Å²) in [5.74, 6) is -0.912. The summed E-state index contributed by atoms with van der Waals surface area (Å²) >= 11 is 0. The standard InChI is InChI=1S/C13H18N2O2/c1-9-4-2-3-7-15(9)12-6-5-10(14)8-11(12)13(16)17/h5-6,8-9H,2-4,7,14H2,1H3,(H,16,17)/t9-/m1/s1. The van der Waals surface area contributed by atoms with Gasteiger partial charge in [0.2, 0.25) is 0 Å². The number of piperidine rings is 1. The van der Waals surface area contributed by atoms with Gasteiger partial charge in [-0.25, -0.2) is 4.79 Å². The van der Waals surface area contributed by atoms with Crippen LogP contribution >= 0.6 is 0 Å². The highest BCUT2D eigenvalue weighted by molar-refractivity contribution is 5.95. The molecule has 1 atom stereocenters. The number of hydrogen-bond donors (Lipinski definition) is 2. The number of rotatable bonds is 2. The topological polar surface area (TPSA) is 66.6 Å². The van der Waals surface area contributed by atoms with Crippen LogP contribution in [0.4, 0.5) is 11.4 Å². The smallest absolute Gasteiger partial charge is 0.337 e. The summed E-state index contributed by atoms with van der Waals surface area (Å²) in [7, 11) is 0. The van der Waals surface area contributed by atoms with Gasteiger partial charge in [0.05, 0.1) is 11.3 Å². The van der Waals surface area contributed by atoms with E-state index in [1.54, 1.807) is 12.1 Å². The van der Waals surface area contributed by atoms with Crippen LogP contribution in [0, 0.1) is 0 Å². The zero-order chi connectivity index (χ0) is 12.4. The third kappa shape index (κ3) is 2.35. The molecule has 2 rings (SSSR count). The van der Waals surface area contributed by atoms with Crippen LogP contribution in [-0.2, 0) is 0 Å². The first-order chi connectivity index (χ1) is 8.09. The van der Waals surface area contributed by atoms with Gasteiger partial charge in [-0.1, -0.05) is 0 Å². The van der Waals surface area contributed by atoms with Crippen LogP contribution in [0.25, 0.3) is 0 Å². The second-order valence-electron chi connectivity index (χ2n) is 4.62. The van der Waals surface area contributed by atoms with Gasteiger partial charge in [0.1, 0.15) is 0 Å². The van der Waals surface area contributed by atoms with Crippen LogP contribution < -0.4 is 10.6 Å². The van der Waals surface area contributed by atoms with E-state index in [1.165, 1.54) is 6.42 Å². The van der Waals surface area contributed by atoms with Crippen molar-refractivity contribution in [3.8, 4) is 0 Å². The van der Waals surface area contributed by atoms with Crippen molar-refractivity contribution in [2.24, 2.45) is 0 Å². The number of nitrogen functional groups attached to an aromatic ring is 1. The number of hydrogen-bond acceptors (Lipinski definition) is 3. The van der Waals surface area contributed by atoms with Crippen LogP contribution in [-0.4, -0.2) is 23.7 Å². The Balaban J connectivity index is 2.39. The number of nitrogens with two attached hydrogens (primary N) is 1. The van der Waals surface area contributed by atoms with Gasteiger partial charge in [0.15, 0.2) is 0 Å². The van der Waals surface area contributed by atoms with E-state index >= 15 is 0 Å². The highest BCUT2D eigenvalue weighted by Gasteiger charge is 2.23. The molecule has 1 aliphatic heterocycles. The van der Waals surface area contributed by atoms with Crippen molar-refractivity contribution in [1.82, 2.24) is 0 Å². The molecular formula is C13H18N2O2. The molecule has 17 heavy (non-hydrogen) atoms. The van der Waals surface area contributed by atoms with Crippen molar-refractivity contribution in [2.45, 2.75) is 32.2 Å². The maximum Gasteiger partial charge on any atom is 0.337 e. The fourth-order valence-corrected chi connectivity index (χ4v) is 2.43. The van der Waals surface area contributed by atoms with Crippen LogP contribution in [0.1, 0.15) is 36.5 Å². The van der Waals surface area contributed by atoms with E-state index in [0.29, 0.717) is 17.3 Å². The fourth-order valence-electron chi connectivity index (χ4n) is 2.43. The van der Waals surface area contributed by atoms with Crippen molar-refractivity contribution in [2.75, 3.05) is 17.2 Å². The lowest BCUT2D eigenvalue weighted by atomic mass is 10.0. The molecule has 4 heteroatoms. The highest BCUT2D eigenvalue weighted by Crippen LogP contribution is 2.29. The maximum atomic E-state index is 11.2. The molecule has 1 aromatic carbocycles. The number of carbonyl (C=O) groups is 1. The molecule has 3 N–H and O–H groups in total. The first kappa shape index (κ1) is 11.8. The van der Waals surface area contributed by atoms with Gasteiger partial charge in [-0.15, -0.1) is 0 Å². The second-order valence-corrected chi connectivity index (χ2v) is 4.62. The second kappa shape index (κ2) is 4.65. The Morgan fingerprint density at radius 2 is 2.24 bits per heavy atom. The lowest BCUT2D eigenvalue weighted by molar-refractivity contribution is 0.0697. The van der Waals surface area contributed by atoms with E-state index in [2.05, 4.69) is 11.8 Å². The molecule has 4 nitrogen and oxygen atoms in total. The summed E-state index contributed by atoms with van der Waals surface area (Å²) in [6, 6.07) is 5.52. The summed E-state index contributed by atoms with van der Waals surface area (Å²) in [6.07, 6.45) is 3.45. The summed E-state index contributed by atoms with van der Waals surface area (Å²) < 4.78 is 0. The van der Waals surface area contributed by atoms with Gasteiger partial charge in [0.25, 0.3) is 0 Å². The molecule has 1 fully saturated rings. The number of aromatic carboxylic acids is 1. The summed E-state index contributed by atoms with van der Waals surface area (Å²) in [5, 5.41) is 9.22. The number of carboxylic acid groups (broad SMARTS) is 1. The molecule has 0 aromatic heterocycles. The molecule has 1 aromatic rings. The predicted molar refractivity (Wildman–Crippen MR) is 68.5 cm³/mol. The van der Waals surface area contributed by atoms with Gasteiger partial charge in [-0.3, -0.25) is 0 Å².